The average molecular weight is 358 g/mol. The van der Waals surface area contributed by atoms with E-state index in [9.17, 15) is 4.57 Å². The monoisotopic (exact) mass is 358 g/mol. The highest BCUT2D eigenvalue weighted by molar-refractivity contribution is 7.78. The molecule has 0 aliphatic heterocycles. The van der Waals surface area contributed by atoms with Gasteiger partial charge in [-0.05, 0) is 30.7 Å². The van der Waals surface area contributed by atoms with Crippen molar-refractivity contribution in [2.45, 2.75) is 6.42 Å². The molecular formula is C22H19N2OP. The minimum Gasteiger partial charge on any atom is -0.314 e. The maximum absolute atomic E-state index is 14.0. The van der Waals surface area contributed by atoms with Gasteiger partial charge in [-0.25, -0.2) is 9.97 Å². The Morgan fingerprint density at radius 2 is 1.38 bits per heavy atom. The van der Waals surface area contributed by atoms with Crippen LogP contribution in [0.15, 0.2) is 91.1 Å². The number of rotatable bonds is 5. The Labute approximate surface area is 153 Å². The summed E-state index contributed by atoms with van der Waals surface area (Å²) < 4.78 is 14.0. The molecule has 0 aliphatic carbocycles. The summed E-state index contributed by atoms with van der Waals surface area (Å²) in [5, 5.41) is 2.81. The van der Waals surface area contributed by atoms with Crippen molar-refractivity contribution in [2.24, 2.45) is 0 Å². The van der Waals surface area contributed by atoms with E-state index in [1.54, 1.807) is 6.20 Å². The van der Waals surface area contributed by atoms with Crippen molar-refractivity contribution >= 4 is 28.8 Å². The number of fused-ring (bicyclic) bond motifs is 1. The second-order valence-electron chi connectivity index (χ2n) is 6.24. The van der Waals surface area contributed by atoms with E-state index < -0.39 is 7.14 Å². The van der Waals surface area contributed by atoms with Crippen molar-refractivity contribution in [1.29, 1.82) is 0 Å². The number of aromatic nitrogens is 2. The van der Waals surface area contributed by atoms with Gasteiger partial charge in [0, 0.05) is 34.0 Å². The number of benzene rings is 2. The molecule has 0 saturated carbocycles. The minimum atomic E-state index is -2.71. The molecule has 0 saturated heterocycles. The number of aryl methyl sites for hydroxylation is 1. The fourth-order valence-corrected chi connectivity index (χ4v) is 5.81. The lowest BCUT2D eigenvalue weighted by Gasteiger charge is -2.19. The summed E-state index contributed by atoms with van der Waals surface area (Å²) >= 11 is 0. The predicted octanol–water partition coefficient (Wildman–Crippen LogP) is 4.19. The van der Waals surface area contributed by atoms with E-state index in [0.29, 0.717) is 12.6 Å². The molecule has 0 bridgehead atoms. The number of pyridine rings is 2. The van der Waals surface area contributed by atoms with Crippen LogP contribution >= 0.6 is 7.14 Å². The molecule has 0 unspecified atom stereocenters. The Balaban J connectivity index is 1.68. The molecule has 0 aliphatic rings. The highest BCUT2D eigenvalue weighted by atomic mass is 31.2. The van der Waals surface area contributed by atoms with Gasteiger partial charge in [-0.2, -0.15) is 0 Å². The van der Waals surface area contributed by atoms with Crippen LogP contribution < -0.4 is 10.6 Å². The van der Waals surface area contributed by atoms with Crippen LogP contribution in [0.3, 0.4) is 0 Å². The topological polar surface area (TPSA) is 42.9 Å². The molecule has 0 N–H and O–H groups in total. The Kier molecular flexibility index (Phi) is 4.64. The largest absolute Gasteiger partial charge is 0.314 e. The standard InChI is InChI=1S/C22H19N2OP/c25-26(20-9-3-1-4-10-20,21-11-5-2-6-12-21)17-15-19-14-13-18-8-7-16-23-22(18)24-19/h1-14,16H,15,17H2. The van der Waals surface area contributed by atoms with E-state index >= 15 is 0 Å². The Morgan fingerprint density at radius 3 is 2.04 bits per heavy atom. The van der Waals surface area contributed by atoms with Gasteiger partial charge in [-0.1, -0.05) is 60.7 Å². The van der Waals surface area contributed by atoms with Crippen LogP contribution in [-0.2, 0) is 11.0 Å². The first-order valence-corrected chi connectivity index (χ1v) is 10.6. The fraction of sp³-hybridized carbons (Fsp3) is 0.0909. The zero-order chi connectivity index (χ0) is 17.8. The van der Waals surface area contributed by atoms with Crippen LogP contribution in [0.4, 0.5) is 0 Å². The molecule has 4 aromatic rings. The molecular weight excluding hydrogens is 339 g/mol. The molecule has 0 amide bonds. The quantitative estimate of drug-likeness (QED) is 0.503. The Morgan fingerprint density at radius 1 is 0.731 bits per heavy atom. The number of hydrogen-bond acceptors (Lipinski definition) is 3. The summed E-state index contributed by atoms with van der Waals surface area (Å²) in [7, 11) is -2.71. The molecule has 3 nitrogen and oxygen atoms in total. The lowest BCUT2D eigenvalue weighted by Crippen LogP contribution is -2.19. The lowest BCUT2D eigenvalue weighted by atomic mass is 10.2. The maximum atomic E-state index is 14.0. The summed E-state index contributed by atoms with van der Waals surface area (Å²) in [6, 6.07) is 27.5. The highest BCUT2D eigenvalue weighted by Crippen LogP contribution is 2.43. The molecule has 0 spiro atoms. The van der Waals surface area contributed by atoms with Gasteiger partial charge in [0.25, 0.3) is 0 Å². The van der Waals surface area contributed by atoms with Gasteiger partial charge >= 0.3 is 0 Å². The van der Waals surface area contributed by atoms with Crippen molar-refractivity contribution in [2.75, 3.05) is 6.16 Å². The molecule has 4 rings (SSSR count). The Bertz CT molecular complexity index is 1020. The molecule has 0 atom stereocenters. The maximum Gasteiger partial charge on any atom is 0.159 e. The third-order valence-corrected chi connectivity index (χ3v) is 7.67. The molecule has 128 valence electrons. The smallest absolute Gasteiger partial charge is 0.159 e. The van der Waals surface area contributed by atoms with Crippen molar-refractivity contribution in [3.05, 3.63) is 96.8 Å². The van der Waals surface area contributed by atoms with Gasteiger partial charge in [-0.3, -0.25) is 0 Å². The zero-order valence-corrected chi connectivity index (χ0v) is 15.2. The first kappa shape index (κ1) is 16.7. The number of nitrogens with zero attached hydrogens (tertiary/aromatic N) is 2. The molecule has 0 fully saturated rings. The molecule has 2 aromatic heterocycles. The molecule has 2 aromatic carbocycles. The van der Waals surface area contributed by atoms with Gasteiger partial charge in [-0.15, -0.1) is 0 Å². The SMILES string of the molecule is O=P(CCc1ccc2cccnc2n1)(c1ccccc1)c1ccccc1. The van der Waals surface area contributed by atoms with Crippen molar-refractivity contribution in [1.82, 2.24) is 9.97 Å². The van der Waals surface area contributed by atoms with Crippen LogP contribution in [0.5, 0.6) is 0 Å². The van der Waals surface area contributed by atoms with E-state index in [0.717, 1.165) is 27.3 Å². The van der Waals surface area contributed by atoms with E-state index in [4.69, 9.17) is 0 Å². The van der Waals surface area contributed by atoms with Crippen molar-refractivity contribution < 1.29 is 4.57 Å². The van der Waals surface area contributed by atoms with Crippen molar-refractivity contribution in [3.8, 4) is 0 Å². The average Bonchev–Trinajstić information content (AvgIpc) is 2.73. The summed E-state index contributed by atoms with van der Waals surface area (Å²) in [4.78, 5) is 8.96. The Hall–Kier alpha value is -2.77. The predicted molar refractivity (Wildman–Crippen MR) is 108 cm³/mol. The molecule has 0 radical (unpaired) electrons. The van der Waals surface area contributed by atoms with E-state index in [-0.39, 0.29) is 0 Å². The van der Waals surface area contributed by atoms with Gasteiger partial charge in [0.05, 0.1) is 0 Å². The first-order chi connectivity index (χ1) is 12.8. The van der Waals surface area contributed by atoms with E-state index in [1.165, 1.54) is 0 Å². The second-order valence-corrected chi connectivity index (χ2v) is 9.20. The van der Waals surface area contributed by atoms with E-state index in [1.807, 2.05) is 84.9 Å². The van der Waals surface area contributed by atoms with Crippen LogP contribution in [0.25, 0.3) is 11.0 Å². The van der Waals surface area contributed by atoms with Crippen LogP contribution in [0.1, 0.15) is 5.69 Å². The van der Waals surface area contributed by atoms with Crippen LogP contribution in [0.2, 0.25) is 0 Å². The van der Waals surface area contributed by atoms with Crippen molar-refractivity contribution in [3.63, 3.8) is 0 Å². The summed E-state index contributed by atoms with van der Waals surface area (Å²) in [5.41, 5.74) is 1.66. The van der Waals surface area contributed by atoms with Gasteiger partial charge < -0.3 is 4.57 Å². The lowest BCUT2D eigenvalue weighted by molar-refractivity contribution is 0.586. The summed E-state index contributed by atoms with van der Waals surface area (Å²) in [5.74, 6) is 0. The summed E-state index contributed by atoms with van der Waals surface area (Å²) in [6.07, 6.45) is 2.94. The van der Waals surface area contributed by atoms with Crippen LogP contribution in [-0.4, -0.2) is 16.1 Å². The zero-order valence-electron chi connectivity index (χ0n) is 14.3. The molecule has 2 heterocycles. The molecule has 4 heteroatoms. The normalized spacial score (nSPS) is 11.5. The van der Waals surface area contributed by atoms with Crippen LogP contribution in [0, 0.1) is 0 Å². The second kappa shape index (κ2) is 7.23. The summed E-state index contributed by atoms with van der Waals surface area (Å²) in [6.45, 7) is 0. The first-order valence-electron chi connectivity index (χ1n) is 8.67. The number of hydrogen-bond donors (Lipinski definition) is 0. The molecule has 26 heavy (non-hydrogen) atoms. The third-order valence-electron chi connectivity index (χ3n) is 4.55. The fourth-order valence-electron chi connectivity index (χ4n) is 3.15. The minimum absolute atomic E-state index is 0.548. The van der Waals surface area contributed by atoms with Gasteiger partial charge in [0.1, 0.15) is 7.14 Å². The van der Waals surface area contributed by atoms with Gasteiger partial charge in [0.15, 0.2) is 5.65 Å². The third kappa shape index (κ3) is 3.31. The van der Waals surface area contributed by atoms with E-state index in [2.05, 4.69) is 9.97 Å². The highest BCUT2D eigenvalue weighted by Gasteiger charge is 2.26. The van der Waals surface area contributed by atoms with Gasteiger partial charge in [0.2, 0.25) is 0 Å².